The summed E-state index contributed by atoms with van der Waals surface area (Å²) in [5.74, 6) is 0.197. The zero-order chi connectivity index (χ0) is 13.1. The van der Waals surface area contributed by atoms with E-state index in [-0.39, 0.29) is 17.3 Å². The summed E-state index contributed by atoms with van der Waals surface area (Å²) >= 11 is 6.04. The Morgan fingerprint density at radius 1 is 1.39 bits per heavy atom. The number of hydrogen-bond donors (Lipinski definition) is 2. The minimum Gasteiger partial charge on any atom is -0.383 e. The Bertz CT molecular complexity index is 600. The lowest BCUT2D eigenvalue weighted by molar-refractivity contribution is 0.0963. The second kappa shape index (κ2) is 5.01. The van der Waals surface area contributed by atoms with E-state index in [2.05, 4.69) is 15.3 Å². The Morgan fingerprint density at radius 2 is 2.11 bits per heavy atom. The van der Waals surface area contributed by atoms with Crippen LogP contribution in [0.4, 0.5) is 5.82 Å². The number of amides is 1. The highest BCUT2D eigenvalue weighted by Crippen LogP contribution is 2.25. The van der Waals surface area contributed by atoms with Crippen LogP contribution in [0.25, 0.3) is 11.4 Å². The minimum absolute atomic E-state index is 0.124. The number of nitrogen functional groups attached to an aromatic ring is 1. The second-order valence-corrected chi connectivity index (χ2v) is 3.96. The molecule has 0 fully saturated rings. The van der Waals surface area contributed by atoms with E-state index in [1.54, 1.807) is 12.1 Å². The first-order valence-corrected chi connectivity index (χ1v) is 5.60. The van der Waals surface area contributed by atoms with Crippen molar-refractivity contribution in [2.45, 2.75) is 0 Å². The van der Waals surface area contributed by atoms with E-state index in [9.17, 15) is 4.79 Å². The van der Waals surface area contributed by atoms with Crippen LogP contribution in [-0.4, -0.2) is 22.9 Å². The summed E-state index contributed by atoms with van der Waals surface area (Å²) in [4.78, 5) is 19.6. The van der Waals surface area contributed by atoms with Gasteiger partial charge in [-0.1, -0.05) is 23.7 Å². The maximum absolute atomic E-state index is 11.5. The molecule has 18 heavy (non-hydrogen) atoms. The van der Waals surface area contributed by atoms with Crippen molar-refractivity contribution in [1.82, 2.24) is 15.3 Å². The van der Waals surface area contributed by atoms with Crippen molar-refractivity contribution in [3.8, 4) is 11.4 Å². The highest BCUT2D eigenvalue weighted by atomic mass is 35.5. The average Bonchev–Trinajstić information content (AvgIpc) is 2.38. The molecule has 1 heterocycles. The first-order chi connectivity index (χ1) is 8.63. The van der Waals surface area contributed by atoms with E-state index in [0.717, 1.165) is 0 Å². The molecule has 5 nitrogen and oxygen atoms in total. The maximum atomic E-state index is 11.5. The van der Waals surface area contributed by atoms with Gasteiger partial charge in [-0.2, -0.15) is 0 Å². The molecule has 1 aromatic carbocycles. The molecule has 0 saturated carbocycles. The van der Waals surface area contributed by atoms with Crippen molar-refractivity contribution in [2.75, 3.05) is 12.8 Å². The number of carbonyl (C=O) groups is 1. The molecule has 0 aliphatic rings. The summed E-state index contributed by atoms with van der Waals surface area (Å²) in [5, 5.41) is 3.00. The van der Waals surface area contributed by atoms with Gasteiger partial charge in [0.2, 0.25) is 0 Å². The van der Waals surface area contributed by atoms with Crippen LogP contribution in [0.3, 0.4) is 0 Å². The first kappa shape index (κ1) is 12.3. The monoisotopic (exact) mass is 262 g/mol. The molecule has 0 unspecified atom stereocenters. The van der Waals surface area contributed by atoms with E-state index >= 15 is 0 Å². The summed E-state index contributed by atoms with van der Waals surface area (Å²) < 4.78 is 0. The Labute approximate surface area is 109 Å². The number of halogens is 1. The van der Waals surface area contributed by atoms with Crippen LogP contribution in [0.2, 0.25) is 5.02 Å². The normalized spacial score (nSPS) is 10.1. The van der Waals surface area contributed by atoms with Crippen molar-refractivity contribution in [3.05, 3.63) is 41.0 Å². The SMILES string of the molecule is CNC(=O)c1cnc(-c2ccccc2Cl)nc1N. The van der Waals surface area contributed by atoms with Crippen LogP contribution in [-0.2, 0) is 0 Å². The highest BCUT2D eigenvalue weighted by Gasteiger charge is 2.13. The number of aromatic nitrogens is 2. The summed E-state index contributed by atoms with van der Waals surface area (Å²) in [6.45, 7) is 0. The van der Waals surface area contributed by atoms with Crippen LogP contribution < -0.4 is 11.1 Å². The largest absolute Gasteiger partial charge is 0.383 e. The fraction of sp³-hybridized carbons (Fsp3) is 0.0833. The topological polar surface area (TPSA) is 80.9 Å². The van der Waals surface area contributed by atoms with Gasteiger partial charge in [-0.25, -0.2) is 9.97 Å². The van der Waals surface area contributed by atoms with Crippen molar-refractivity contribution < 1.29 is 4.79 Å². The molecule has 2 aromatic rings. The van der Waals surface area contributed by atoms with Crippen molar-refractivity contribution in [3.63, 3.8) is 0 Å². The average molecular weight is 263 g/mol. The molecule has 1 amide bonds. The van der Waals surface area contributed by atoms with Gasteiger partial charge in [-0.3, -0.25) is 4.79 Å². The van der Waals surface area contributed by atoms with Crippen molar-refractivity contribution in [1.29, 1.82) is 0 Å². The number of nitrogens with one attached hydrogen (secondary N) is 1. The Balaban J connectivity index is 2.47. The lowest BCUT2D eigenvalue weighted by atomic mass is 10.2. The number of nitrogens with two attached hydrogens (primary N) is 1. The third kappa shape index (κ3) is 2.26. The Kier molecular flexibility index (Phi) is 3.43. The van der Waals surface area contributed by atoms with Crippen LogP contribution in [0, 0.1) is 0 Å². The molecule has 0 atom stereocenters. The van der Waals surface area contributed by atoms with Crippen LogP contribution in [0.1, 0.15) is 10.4 Å². The van der Waals surface area contributed by atoms with Crippen molar-refractivity contribution in [2.24, 2.45) is 0 Å². The van der Waals surface area contributed by atoms with Gasteiger partial charge in [0.1, 0.15) is 5.82 Å². The van der Waals surface area contributed by atoms with Gasteiger partial charge in [0.15, 0.2) is 5.82 Å². The zero-order valence-corrected chi connectivity index (χ0v) is 10.4. The maximum Gasteiger partial charge on any atom is 0.256 e. The van der Waals surface area contributed by atoms with Crippen LogP contribution in [0.15, 0.2) is 30.5 Å². The molecule has 6 heteroatoms. The zero-order valence-electron chi connectivity index (χ0n) is 9.64. The fourth-order valence-corrected chi connectivity index (χ4v) is 1.70. The first-order valence-electron chi connectivity index (χ1n) is 5.23. The standard InChI is InChI=1S/C12H11ClN4O/c1-15-12(18)8-6-16-11(17-10(8)14)7-4-2-3-5-9(7)13/h2-6H,1H3,(H,15,18)(H2,14,16,17). The smallest absolute Gasteiger partial charge is 0.256 e. The molecular weight excluding hydrogens is 252 g/mol. The third-order valence-electron chi connectivity index (χ3n) is 2.40. The van der Waals surface area contributed by atoms with E-state index in [4.69, 9.17) is 17.3 Å². The Hall–Kier alpha value is -2.14. The summed E-state index contributed by atoms with van der Waals surface area (Å²) in [6, 6.07) is 7.17. The molecule has 1 aromatic heterocycles. The molecule has 2 rings (SSSR count). The molecular formula is C12H11ClN4O. The number of anilines is 1. The lowest BCUT2D eigenvalue weighted by Crippen LogP contribution is -2.20. The number of benzene rings is 1. The fourth-order valence-electron chi connectivity index (χ4n) is 1.48. The van der Waals surface area contributed by atoms with E-state index in [1.165, 1.54) is 13.2 Å². The number of hydrogen-bond acceptors (Lipinski definition) is 4. The van der Waals surface area contributed by atoms with Gasteiger partial charge >= 0.3 is 0 Å². The Morgan fingerprint density at radius 3 is 2.72 bits per heavy atom. The van der Waals surface area contributed by atoms with E-state index in [0.29, 0.717) is 16.4 Å². The summed E-state index contributed by atoms with van der Waals surface area (Å²) in [7, 11) is 1.52. The highest BCUT2D eigenvalue weighted by molar-refractivity contribution is 6.33. The number of rotatable bonds is 2. The van der Waals surface area contributed by atoms with Gasteiger partial charge in [0.05, 0.1) is 10.6 Å². The molecule has 3 N–H and O–H groups in total. The van der Waals surface area contributed by atoms with Gasteiger partial charge < -0.3 is 11.1 Å². The van der Waals surface area contributed by atoms with Gasteiger partial charge in [-0.05, 0) is 12.1 Å². The molecule has 0 spiro atoms. The molecule has 0 bridgehead atoms. The molecule has 0 saturated heterocycles. The molecule has 92 valence electrons. The molecule has 0 radical (unpaired) electrons. The minimum atomic E-state index is -0.321. The van der Waals surface area contributed by atoms with Crippen molar-refractivity contribution >= 4 is 23.3 Å². The quantitative estimate of drug-likeness (QED) is 0.864. The summed E-state index contributed by atoms with van der Waals surface area (Å²) in [5.41, 5.74) is 6.65. The number of nitrogens with zero attached hydrogens (tertiary/aromatic N) is 2. The third-order valence-corrected chi connectivity index (χ3v) is 2.73. The van der Waals surface area contributed by atoms with E-state index < -0.39 is 0 Å². The van der Waals surface area contributed by atoms with E-state index in [1.807, 2.05) is 12.1 Å². The second-order valence-electron chi connectivity index (χ2n) is 3.55. The lowest BCUT2D eigenvalue weighted by Gasteiger charge is -2.06. The predicted molar refractivity (Wildman–Crippen MR) is 70.3 cm³/mol. The molecule has 0 aliphatic heterocycles. The van der Waals surface area contributed by atoms with Gasteiger partial charge in [0.25, 0.3) is 5.91 Å². The number of carbonyl (C=O) groups excluding carboxylic acids is 1. The predicted octanol–water partition coefficient (Wildman–Crippen LogP) is 1.74. The molecule has 0 aliphatic carbocycles. The van der Waals surface area contributed by atoms with Crippen LogP contribution >= 0.6 is 11.6 Å². The van der Waals surface area contributed by atoms with Gasteiger partial charge in [0, 0.05) is 18.8 Å². The van der Waals surface area contributed by atoms with Crippen LogP contribution in [0.5, 0.6) is 0 Å². The van der Waals surface area contributed by atoms with Gasteiger partial charge in [-0.15, -0.1) is 0 Å². The summed E-state index contributed by atoms with van der Waals surface area (Å²) in [6.07, 6.45) is 1.39.